The third-order valence-electron chi connectivity index (χ3n) is 2.87. The van der Waals surface area contributed by atoms with Gasteiger partial charge in [-0.1, -0.05) is 30.3 Å². The molecule has 0 aromatic heterocycles. The fourth-order valence-electron chi connectivity index (χ4n) is 1.87. The first-order valence-electron chi connectivity index (χ1n) is 6.08. The Bertz CT molecular complexity index is 495. The molecule has 19 heavy (non-hydrogen) atoms. The molecule has 1 amide bonds. The van der Waals surface area contributed by atoms with Crippen LogP contribution in [0.5, 0.6) is 0 Å². The Morgan fingerprint density at radius 1 is 1.26 bits per heavy atom. The highest BCUT2D eigenvalue weighted by Gasteiger charge is 2.20. The summed E-state index contributed by atoms with van der Waals surface area (Å²) in [4.78, 5) is 24.0. The molecule has 1 aliphatic heterocycles. The summed E-state index contributed by atoms with van der Waals surface area (Å²) < 4.78 is 5.15. The third-order valence-corrected chi connectivity index (χ3v) is 2.87. The molecule has 0 aliphatic carbocycles. The quantitative estimate of drug-likeness (QED) is 0.907. The van der Waals surface area contributed by atoms with E-state index < -0.39 is 12.1 Å². The highest BCUT2D eigenvalue weighted by atomic mass is 16.6. The Morgan fingerprint density at radius 3 is 2.68 bits per heavy atom. The molecule has 0 fully saturated rings. The first kappa shape index (κ1) is 13.1. The molecule has 0 radical (unpaired) electrons. The SMILES string of the molecule is O=C(O)C1=CN(C(=O)OCc2ccccc2)CCC1. The van der Waals surface area contributed by atoms with Crippen molar-refractivity contribution in [3.8, 4) is 0 Å². The Morgan fingerprint density at radius 2 is 2.00 bits per heavy atom. The molecule has 5 heteroatoms. The van der Waals surface area contributed by atoms with Crippen molar-refractivity contribution in [1.82, 2.24) is 4.90 Å². The summed E-state index contributed by atoms with van der Waals surface area (Å²) in [5.41, 5.74) is 1.14. The van der Waals surface area contributed by atoms with Crippen LogP contribution in [-0.2, 0) is 16.1 Å². The van der Waals surface area contributed by atoms with E-state index in [0.717, 1.165) is 5.56 Å². The first-order valence-corrected chi connectivity index (χ1v) is 6.08. The van der Waals surface area contributed by atoms with Gasteiger partial charge in [0.2, 0.25) is 0 Å². The summed E-state index contributed by atoms with van der Waals surface area (Å²) in [6.45, 7) is 0.677. The topological polar surface area (TPSA) is 66.8 Å². The van der Waals surface area contributed by atoms with Gasteiger partial charge in [-0.05, 0) is 18.4 Å². The minimum atomic E-state index is -0.986. The average molecular weight is 261 g/mol. The number of carboxylic acids is 1. The number of nitrogens with zero attached hydrogens (tertiary/aromatic N) is 1. The second-order valence-electron chi connectivity index (χ2n) is 4.30. The summed E-state index contributed by atoms with van der Waals surface area (Å²) in [5.74, 6) is -0.986. The van der Waals surface area contributed by atoms with E-state index in [1.54, 1.807) is 0 Å². The summed E-state index contributed by atoms with van der Waals surface area (Å²) >= 11 is 0. The lowest BCUT2D eigenvalue weighted by Gasteiger charge is -2.22. The van der Waals surface area contributed by atoms with Crippen LogP contribution in [0.3, 0.4) is 0 Å². The van der Waals surface area contributed by atoms with Crippen LogP contribution >= 0.6 is 0 Å². The minimum absolute atomic E-state index is 0.187. The van der Waals surface area contributed by atoms with E-state index in [9.17, 15) is 9.59 Å². The molecule has 2 rings (SSSR count). The Kier molecular flexibility index (Phi) is 4.18. The van der Waals surface area contributed by atoms with Crippen molar-refractivity contribution >= 4 is 12.1 Å². The highest BCUT2D eigenvalue weighted by molar-refractivity contribution is 5.87. The van der Waals surface area contributed by atoms with Gasteiger partial charge in [-0.3, -0.25) is 4.90 Å². The van der Waals surface area contributed by atoms with Gasteiger partial charge in [0, 0.05) is 12.7 Å². The molecule has 1 aromatic rings. The molecule has 0 unspecified atom stereocenters. The second kappa shape index (κ2) is 6.04. The lowest BCUT2D eigenvalue weighted by molar-refractivity contribution is -0.133. The molecule has 0 spiro atoms. The van der Waals surface area contributed by atoms with Gasteiger partial charge in [0.1, 0.15) is 6.61 Å². The first-order chi connectivity index (χ1) is 9.16. The molecular weight excluding hydrogens is 246 g/mol. The maximum atomic E-state index is 11.8. The Hall–Kier alpha value is -2.30. The number of rotatable bonds is 3. The summed E-state index contributed by atoms with van der Waals surface area (Å²) in [6.07, 6.45) is 1.97. The number of carbonyl (C=O) groups excluding carboxylic acids is 1. The molecule has 0 atom stereocenters. The number of aliphatic carboxylic acids is 1. The largest absolute Gasteiger partial charge is 0.478 e. The molecule has 100 valence electrons. The van der Waals surface area contributed by atoms with Gasteiger partial charge >= 0.3 is 12.1 Å². The van der Waals surface area contributed by atoms with E-state index in [4.69, 9.17) is 9.84 Å². The number of hydrogen-bond acceptors (Lipinski definition) is 3. The molecule has 1 aliphatic rings. The van der Waals surface area contributed by atoms with Crippen LogP contribution in [0.25, 0.3) is 0 Å². The van der Waals surface area contributed by atoms with Crippen LogP contribution < -0.4 is 0 Å². The molecular formula is C14H15NO4. The lowest BCUT2D eigenvalue weighted by atomic mass is 10.1. The number of amides is 1. The van der Waals surface area contributed by atoms with Crippen LogP contribution in [0, 0.1) is 0 Å². The van der Waals surface area contributed by atoms with E-state index in [1.165, 1.54) is 11.1 Å². The molecule has 0 saturated heterocycles. The smallest absolute Gasteiger partial charge is 0.414 e. The van der Waals surface area contributed by atoms with Crippen molar-refractivity contribution in [3.63, 3.8) is 0 Å². The molecule has 1 N–H and O–H groups in total. The second-order valence-corrected chi connectivity index (χ2v) is 4.30. The number of carbonyl (C=O) groups is 2. The average Bonchev–Trinajstić information content (AvgIpc) is 2.46. The maximum Gasteiger partial charge on any atom is 0.414 e. The van der Waals surface area contributed by atoms with E-state index in [1.807, 2.05) is 30.3 Å². The van der Waals surface area contributed by atoms with E-state index >= 15 is 0 Å². The molecule has 1 aromatic carbocycles. The molecule has 1 heterocycles. The standard InChI is InChI=1S/C14H15NO4/c16-13(17)12-7-4-8-15(9-12)14(18)19-10-11-5-2-1-3-6-11/h1-3,5-6,9H,4,7-8,10H2,(H,16,17). The Labute approximate surface area is 111 Å². The van der Waals surface area contributed by atoms with Gasteiger partial charge in [-0.25, -0.2) is 9.59 Å². The third kappa shape index (κ3) is 3.58. The van der Waals surface area contributed by atoms with Gasteiger partial charge in [0.25, 0.3) is 0 Å². The summed E-state index contributed by atoms with van der Waals surface area (Å²) in [5, 5.41) is 8.90. The van der Waals surface area contributed by atoms with Crippen LogP contribution in [-0.4, -0.2) is 28.6 Å². The van der Waals surface area contributed by atoms with Crippen molar-refractivity contribution in [2.45, 2.75) is 19.4 Å². The fraction of sp³-hybridized carbons (Fsp3) is 0.286. The van der Waals surface area contributed by atoms with Gasteiger partial charge in [0.15, 0.2) is 0 Å². The minimum Gasteiger partial charge on any atom is -0.478 e. The number of benzene rings is 1. The summed E-state index contributed by atoms with van der Waals surface area (Å²) in [7, 11) is 0. The highest BCUT2D eigenvalue weighted by Crippen LogP contribution is 2.16. The van der Waals surface area contributed by atoms with Crippen molar-refractivity contribution in [1.29, 1.82) is 0 Å². The van der Waals surface area contributed by atoms with Gasteiger partial charge < -0.3 is 9.84 Å². The lowest BCUT2D eigenvalue weighted by Crippen LogP contribution is -2.31. The zero-order valence-electron chi connectivity index (χ0n) is 10.4. The van der Waals surface area contributed by atoms with Gasteiger partial charge in [-0.15, -0.1) is 0 Å². The predicted octanol–water partition coefficient (Wildman–Crippen LogP) is 2.39. The van der Waals surface area contributed by atoms with Crippen molar-refractivity contribution in [2.24, 2.45) is 0 Å². The number of hydrogen-bond donors (Lipinski definition) is 1. The van der Waals surface area contributed by atoms with Gasteiger partial charge in [0.05, 0.1) is 5.57 Å². The zero-order chi connectivity index (χ0) is 13.7. The van der Waals surface area contributed by atoms with Crippen LogP contribution in [0.2, 0.25) is 0 Å². The molecule has 5 nitrogen and oxygen atoms in total. The van der Waals surface area contributed by atoms with Crippen molar-refractivity contribution in [3.05, 3.63) is 47.7 Å². The normalized spacial score (nSPS) is 14.7. The van der Waals surface area contributed by atoms with E-state index in [-0.39, 0.29) is 12.2 Å². The summed E-state index contributed by atoms with van der Waals surface area (Å²) in [6, 6.07) is 9.35. The van der Waals surface area contributed by atoms with Crippen LogP contribution in [0.1, 0.15) is 18.4 Å². The number of carboxylic acid groups (broad SMARTS) is 1. The van der Waals surface area contributed by atoms with E-state index in [2.05, 4.69) is 0 Å². The maximum absolute atomic E-state index is 11.8. The number of ether oxygens (including phenoxy) is 1. The van der Waals surface area contributed by atoms with Crippen LogP contribution in [0.15, 0.2) is 42.1 Å². The van der Waals surface area contributed by atoms with Gasteiger partial charge in [-0.2, -0.15) is 0 Å². The van der Waals surface area contributed by atoms with E-state index in [0.29, 0.717) is 19.4 Å². The van der Waals surface area contributed by atoms with Crippen LogP contribution in [0.4, 0.5) is 4.79 Å². The molecule has 0 bridgehead atoms. The Balaban J connectivity index is 1.93. The monoisotopic (exact) mass is 261 g/mol. The van der Waals surface area contributed by atoms with Crippen molar-refractivity contribution in [2.75, 3.05) is 6.54 Å². The fourth-order valence-corrected chi connectivity index (χ4v) is 1.87. The van der Waals surface area contributed by atoms with Crippen molar-refractivity contribution < 1.29 is 19.4 Å². The molecule has 0 saturated carbocycles. The predicted molar refractivity (Wildman–Crippen MR) is 68.3 cm³/mol. The zero-order valence-corrected chi connectivity index (χ0v) is 10.4.